The first kappa shape index (κ1) is 19.2. The number of nitrogens with zero attached hydrogens (tertiary/aromatic N) is 1. The van der Waals surface area contributed by atoms with Gasteiger partial charge in [-0.3, -0.25) is 14.4 Å². The lowest BCUT2D eigenvalue weighted by Gasteiger charge is -2.18. The number of amides is 3. The Hall–Kier alpha value is -3.15. The highest BCUT2D eigenvalue weighted by molar-refractivity contribution is 6.06. The summed E-state index contributed by atoms with van der Waals surface area (Å²) in [4.78, 5) is 37.8. The molecule has 0 saturated heterocycles. The average molecular weight is 353 g/mol. The maximum absolute atomic E-state index is 12.5. The minimum absolute atomic E-state index is 0.0997. The van der Waals surface area contributed by atoms with E-state index in [1.807, 2.05) is 13.8 Å². The molecule has 2 aromatic rings. The van der Waals surface area contributed by atoms with Crippen molar-refractivity contribution in [1.29, 1.82) is 0 Å². The van der Waals surface area contributed by atoms with Crippen LogP contribution in [0.25, 0.3) is 0 Å². The van der Waals surface area contributed by atoms with Crippen LogP contribution >= 0.6 is 0 Å². The van der Waals surface area contributed by atoms with Gasteiger partial charge in [0.25, 0.3) is 11.8 Å². The third-order valence-corrected chi connectivity index (χ3v) is 3.86. The summed E-state index contributed by atoms with van der Waals surface area (Å²) in [6.07, 6.45) is 0. The summed E-state index contributed by atoms with van der Waals surface area (Å²) in [5.74, 6) is -0.604. The fourth-order valence-electron chi connectivity index (χ4n) is 2.57. The lowest BCUT2D eigenvalue weighted by molar-refractivity contribution is -0.114. The van der Waals surface area contributed by atoms with Crippen LogP contribution in [0, 0.1) is 0 Å². The molecule has 0 atom stereocenters. The van der Waals surface area contributed by atoms with Gasteiger partial charge in [0.2, 0.25) is 5.91 Å². The van der Waals surface area contributed by atoms with E-state index in [0.29, 0.717) is 35.6 Å². The fourth-order valence-corrected chi connectivity index (χ4v) is 2.57. The molecule has 0 aromatic heterocycles. The number of rotatable bonds is 6. The minimum Gasteiger partial charge on any atom is -0.339 e. The van der Waals surface area contributed by atoms with Crippen LogP contribution in [0.2, 0.25) is 0 Å². The Morgan fingerprint density at radius 3 is 2.04 bits per heavy atom. The van der Waals surface area contributed by atoms with E-state index in [9.17, 15) is 14.4 Å². The Labute approximate surface area is 153 Å². The zero-order chi connectivity index (χ0) is 19.1. The fraction of sp³-hybridized carbons (Fsp3) is 0.250. The molecule has 0 fully saturated rings. The van der Waals surface area contributed by atoms with Gasteiger partial charge >= 0.3 is 0 Å². The molecule has 26 heavy (non-hydrogen) atoms. The molecule has 0 aliphatic rings. The summed E-state index contributed by atoms with van der Waals surface area (Å²) >= 11 is 0. The summed E-state index contributed by atoms with van der Waals surface area (Å²) in [5, 5.41) is 5.45. The first-order valence-electron chi connectivity index (χ1n) is 8.53. The van der Waals surface area contributed by atoms with Crippen LogP contribution in [0.1, 0.15) is 41.5 Å². The highest BCUT2D eigenvalue weighted by Gasteiger charge is 2.15. The van der Waals surface area contributed by atoms with Crippen molar-refractivity contribution in [2.75, 3.05) is 23.7 Å². The van der Waals surface area contributed by atoms with Crippen molar-refractivity contribution >= 4 is 29.1 Å². The molecule has 0 heterocycles. The van der Waals surface area contributed by atoms with E-state index in [1.165, 1.54) is 6.92 Å². The highest BCUT2D eigenvalue weighted by Crippen LogP contribution is 2.17. The van der Waals surface area contributed by atoms with E-state index in [4.69, 9.17) is 0 Å². The largest absolute Gasteiger partial charge is 0.339 e. The second-order valence-electron chi connectivity index (χ2n) is 5.77. The number of hydrogen-bond acceptors (Lipinski definition) is 3. The Morgan fingerprint density at radius 1 is 0.846 bits per heavy atom. The van der Waals surface area contributed by atoms with Crippen LogP contribution in [0.5, 0.6) is 0 Å². The van der Waals surface area contributed by atoms with Crippen LogP contribution in [0.3, 0.4) is 0 Å². The molecule has 0 bridgehead atoms. The first-order valence-corrected chi connectivity index (χ1v) is 8.53. The molecule has 2 N–H and O–H groups in total. The summed E-state index contributed by atoms with van der Waals surface area (Å²) in [7, 11) is 0. The molecule has 0 unspecified atom stereocenters. The lowest BCUT2D eigenvalue weighted by Crippen LogP contribution is -2.30. The van der Waals surface area contributed by atoms with Crippen molar-refractivity contribution < 1.29 is 14.4 Å². The monoisotopic (exact) mass is 353 g/mol. The van der Waals surface area contributed by atoms with E-state index in [0.717, 1.165) is 0 Å². The molecule has 6 heteroatoms. The Morgan fingerprint density at radius 2 is 1.42 bits per heavy atom. The predicted molar refractivity (Wildman–Crippen MR) is 102 cm³/mol. The average Bonchev–Trinajstić information content (AvgIpc) is 2.62. The van der Waals surface area contributed by atoms with Crippen molar-refractivity contribution in [3.63, 3.8) is 0 Å². The van der Waals surface area contributed by atoms with Crippen molar-refractivity contribution in [1.82, 2.24) is 4.90 Å². The smallest absolute Gasteiger partial charge is 0.255 e. The highest BCUT2D eigenvalue weighted by atomic mass is 16.2. The lowest BCUT2D eigenvalue weighted by atomic mass is 10.1. The second kappa shape index (κ2) is 8.80. The van der Waals surface area contributed by atoms with E-state index in [-0.39, 0.29) is 17.7 Å². The number of carbonyl (C=O) groups is 3. The molecule has 0 spiro atoms. The third kappa shape index (κ3) is 4.92. The summed E-state index contributed by atoms with van der Waals surface area (Å²) in [6, 6.07) is 13.5. The summed E-state index contributed by atoms with van der Waals surface area (Å²) in [5.41, 5.74) is 2.03. The summed E-state index contributed by atoms with van der Waals surface area (Å²) < 4.78 is 0. The van der Waals surface area contributed by atoms with E-state index in [1.54, 1.807) is 53.4 Å². The Bertz CT molecular complexity index is 813. The van der Waals surface area contributed by atoms with Gasteiger partial charge in [0, 0.05) is 42.5 Å². The van der Waals surface area contributed by atoms with Gasteiger partial charge in [-0.1, -0.05) is 12.1 Å². The van der Waals surface area contributed by atoms with Crippen molar-refractivity contribution in [2.24, 2.45) is 0 Å². The molecule has 3 amide bonds. The number of hydrogen-bond donors (Lipinski definition) is 2. The van der Waals surface area contributed by atoms with Gasteiger partial charge < -0.3 is 15.5 Å². The Kier molecular flexibility index (Phi) is 6.49. The minimum atomic E-state index is -0.320. The van der Waals surface area contributed by atoms with Gasteiger partial charge in [0.15, 0.2) is 0 Å². The standard InChI is InChI=1S/C20H23N3O3/c1-4-23(5-2)20(26)16-9-6-8-15(12-16)19(25)22-18-11-7-10-17(13-18)21-14(3)24/h6-13H,4-5H2,1-3H3,(H,21,24)(H,22,25). The SMILES string of the molecule is CCN(CC)C(=O)c1cccc(C(=O)Nc2cccc(NC(C)=O)c2)c1. The van der Waals surface area contributed by atoms with E-state index >= 15 is 0 Å². The second-order valence-corrected chi connectivity index (χ2v) is 5.77. The third-order valence-electron chi connectivity index (χ3n) is 3.86. The molecule has 6 nitrogen and oxygen atoms in total. The molecular formula is C20H23N3O3. The van der Waals surface area contributed by atoms with Crippen LogP contribution in [-0.4, -0.2) is 35.7 Å². The quantitative estimate of drug-likeness (QED) is 0.836. The van der Waals surface area contributed by atoms with Crippen molar-refractivity contribution in [3.8, 4) is 0 Å². The van der Waals surface area contributed by atoms with Gasteiger partial charge in [-0.15, -0.1) is 0 Å². The van der Waals surface area contributed by atoms with Gasteiger partial charge in [0.1, 0.15) is 0 Å². The van der Waals surface area contributed by atoms with Gasteiger partial charge in [-0.05, 0) is 50.2 Å². The topological polar surface area (TPSA) is 78.5 Å². The van der Waals surface area contributed by atoms with Gasteiger partial charge in [-0.2, -0.15) is 0 Å². The van der Waals surface area contributed by atoms with Crippen LogP contribution in [-0.2, 0) is 4.79 Å². The molecule has 0 aliphatic carbocycles. The van der Waals surface area contributed by atoms with Crippen LogP contribution in [0.15, 0.2) is 48.5 Å². The molecule has 136 valence electrons. The van der Waals surface area contributed by atoms with Crippen molar-refractivity contribution in [2.45, 2.75) is 20.8 Å². The molecule has 2 aromatic carbocycles. The molecule has 0 radical (unpaired) electrons. The van der Waals surface area contributed by atoms with E-state index in [2.05, 4.69) is 10.6 Å². The predicted octanol–water partition coefficient (Wildman–Crippen LogP) is 3.38. The Balaban J connectivity index is 2.16. The number of carbonyl (C=O) groups excluding carboxylic acids is 3. The van der Waals surface area contributed by atoms with E-state index < -0.39 is 0 Å². The molecular weight excluding hydrogens is 330 g/mol. The normalized spacial score (nSPS) is 10.1. The maximum Gasteiger partial charge on any atom is 0.255 e. The van der Waals surface area contributed by atoms with Crippen LogP contribution in [0.4, 0.5) is 11.4 Å². The van der Waals surface area contributed by atoms with Crippen LogP contribution < -0.4 is 10.6 Å². The number of anilines is 2. The molecule has 2 rings (SSSR count). The zero-order valence-electron chi connectivity index (χ0n) is 15.2. The number of benzene rings is 2. The van der Waals surface area contributed by atoms with Gasteiger partial charge in [0.05, 0.1) is 0 Å². The molecule has 0 saturated carbocycles. The van der Waals surface area contributed by atoms with Crippen molar-refractivity contribution in [3.05, 3.63) is 59.7 Å². The zero-order valence-corrected chi connectivity index (χ0v) is 15.2. The number of nitrogens with one attached hydrogen (secondary N) is 2. The maximum atomic E-state index is 12.5. The summed E-state index contributed by atoms with van der Waals surface area (Å²) in [6.45, 7) is 6.48. The molecule has 0 aliphatic heterocycles. The first-order chi connectivity index (χ1) is 12.4. The van der Waals surface area contributed by atoms with Gasteiger partial charge in [-0.25, -0.2) is 0 Å².